The molecule has 2 N–H and O–H groups in total. The van der Waals surface area contributed by atoms with Crippen LogP contribution in [0.1, 0.15) is 34.0 Å². The van der Waals surface area contributed by atoms with Crippen LogP contribution in [0.25, 0.3) is 0 Å². The summed E-state index contributed by atoms with van der Waals surface area (Å²) in [6, 6.07) is 6.84. The number of thiazole rings is 1. The van der Waals surface area contributed by atoms with Crippen molar-refractivity contribution in [3.63, 3.8) is 0 Å². The van der Waals surface area contributed by atoms with E-state index in [1.165, 1.54) is 40.8 Å². The number of aromatic nitrogens is 1. The van der Waals surface area contributed by atoms with Gasteiger partial charge in [-0.25, -0.2) is 0 Å². The molecule has 1 atom stereocenters. The van der Waals surface area contributed by atoms with Crippen molar-refractivity contribution in [2.45, 2.75) is 31.7 Å². The lowest BCUT2D eigenvalue weighted by molar-refractivity contribution is 0.727. The number of nitrogens with zero attached hydrogens (tertiary/aromatic N) is 1. The SMILES string of the molecule is NC(Cc1cncs1)c1ccc2c(c1)CCC2. The molecule has 1 aromatic heterocycles. The highest BCUT2D eigenvalue weighted by atomic mass is 32.1. The monoisotopic (exact) mass is 244 g/mol. The van der Waals surface area contributed by atoms with Gasteiger partial charge in [-0.1, -0.05) is 18.2 Å². The minimum Gasteiger partial charge on any atom is -0.324 e. The molecular weight excluding hydrogens is 228 g/mol. The predicted molar refractivity (Wildman–Crippen MR) is 71.2 cm³/mol. The molecule has 0 aliphatic heterocycles. The Labute approximate surface area is 106 Å². The molecule has 0 radical (unpaired) electrons. The van der Waals surface area contributed by atoms with Gasteiger partial charge < -0.3 is 5.73 Å². The van der Waals surface area contributed by atoms with Gasteiger partial charge in [0.2, 0.25) is 0 Å². The first-order chi connectivity index (χ1) is 8.33. The molecule has 1 unspecified atom stereocenters. The molecule has 0 spiro atoms. The number of hydrogen-bond acceptors (Lipinski definition) is 3. The molecule has 17 heavy (non-hydrogen) atoms. The standard InChI is InChI=1S/C14H16N2S/c15-14(7-13-8-16-9-17-13)12-5-4-10-2-1-3-11(10)6-12/h4-6,8-9,14H,1-3,7,15H2. The van der Waals surface area contributed by atoms with E-state index in [2.05, 4.69) is 23.2 Å². The van der Waals surface area contributed by atoms with Gasteiger partial charge in [0.1, 0.15) is 0 Å². The van der Waals surface area contributed by atoms with Crippen molar-refractivity contribution in [2.24, 2.45) is 5.73 Å². The zero-order chi connectivity index (χ0) is 11.7. The minimum absolute atomic E-state index is 0.0985. The van der Waals surface area contributed by atoms with Gasteiger partial charge in [-0.2, -0.15) is 0 Å². The van der Waals surface area contributed by atoms with Crippen LogP contribution in [-0.4, -0.2) is 4.98 Å². The highest BCUT2D eigenvalue weighted by Crippen LogP contribution is 2.26. The van der Waals surface area contributed by atoms with Gasteiger partial charge in [0, 0.05) is 23.5 Å². The normalized spacial score (nSPS) is 15.8. The highest BCUT2D eigenvalue weighted by Gasteiger charge is 2.14. The molecule has 0 amide bonds. The summed E-state index contributed by atoms with van der Waals surface area (Å²) in [6.07, 6.45) is 6.56. The van der Waals surface area contributed by atoms with Crippen molar-refractivity contribution in [1.82, 2.24) is 4.98 Å². The first-order valence-electron chi connectivity index (χ1n) is 6.07. The topological polar surface area (TPSA) is 38.9 Å². The summed E-state index contributed by atoms with van der Waals surface area (Å²) >= 11 is 1.68. The molecule has 3 heteroatoms. The van der Waals surface area contributed by atoms with Gasteiger partial charge in [0.05, 0.1) is 5.51 Å². The molecule has 2 aromatic rings. The minimum atomic E-state index is 0.0985. The lowest BCUT2D eigenvalue weighted by Crippen LogP contribution is -2.13. The number of aryl methyl sites for hydroxylation is 2. The number of nitrogens with two attached hydrogens (primary N) is 1. The van der Waals surface area contributed by atoms with Crippen molar-refractivity contribution < 1.29 is 0 Å². The molecule has 1 aliphatic carbocycles. The van der Waals surface area contributed by atoms with Crippen molar-refractivity contribution in [3.8, 4) is 0 Å². The molecule has 0 bridgehead atoms. The molecule has 1 heterocycles. The van der Waals surface area contributed by atoms with E-state index in [9.17, 15) is 0 Å². The Balaban J connectivity index is 1.79. The third-order valence-corrected chi connectivity index (χ3v) is 4.26. The molecule has 3 rings (SSSR count). The predicted octanol–water partition coefficient (Wildman–Crippen LogP) is 2.87. The second-order valence-electron chi connectivity index (χ2n) is 4.66. The van der Waals surface area contributed by atoms with Crippen LogP contribution in [0.3, 0.4) is 0 Å². The summed E-state index contributed by atoms with van der Waals surface area (Å²) in [7, 11) is 0. The van der Waals surface area contributed by atoms with E-state index in [-0.39, 0.29) is 6.04 Å². The van der Waals surface area contributed by atoms with Crippen LogP contribution in [0.2, 0.25) is 0 Å². The quantitative estimate of drug-likeness (QED) is 0.901. The summed E-state index contributed by atoms with van der Waals surface area (Å²) in [4.78, 5) is 5.35. The summed E-state index contributed by atoms with van der Waals surface area (Å²) in [5.41, 5.74) is 12.4. The molecule has 88 valence electrons. The fourth-order valence-corrected chi connectivity index (χ4v) is 3.15. The van der Waals surface area contributed by atoms with Crippen LogP contribution in [0.4, 0.5) is 0 Å². The summed E-state index contributed by atoms with van der Waals surface area (Å²) in [6.45, 7) is 0. The summed E-state index contributed by atoms with van der Waals surface area (Å²) < 4.78 is 0. The number of benzene rings is 1. The second-order valence-corrected chi connectivity index (χ2v) is 5.63. The molecule has 0 fully saturated rings. The van der Waals surface area contributed by atoms with E-state index in [1.54, 1.807) is 11.3 Å². The van der Waals surface area contributed by atoms with Crippen LogP contribution in [0, 0.1) is 0 Å². The molecule has 0 saturated carbocycles. The first-order valence-corrected chi connectivity index (χ1v) is 6.95. The lowest BCUT2D eigenvalue weighted by Gasteiger charge is -2.12. The third-order valence-electron chi connectivity index (χ3n) is 3.46. The number of rotatable bonds is 3. The van der Waals surface area contributed by atoms with Gasteiger partial charge in [-0.3, -0.25) is 4.98 Å². The lowest BCUT2D eigenvalue weighted by atomic mass is 9.99. The van der Waals surface area contributed by atoms with Gasteiger partial charge in [0.15, 0.2) is 0 Å². The van der Waals surface area contributed by atoms with Crippen molar-refractivity contribution in [3.05, 3.63) is 51.5 Å². The van der Waals surface area contributed by atoms with E-state index in [4.69, 9.17) is 5.73 Å². The maximum absolute atomic E-state index is 6.26. The molecule has 2 nitrogen and oxygen atoms in total. The largest absolute Gasteiger partial charge is 0.324 e. The Morgan fingerprint density at radius 3 is 3.00 bits per heavy atom. The van der Waals surface area contributed by atoms with Crippen molar-refractivity contribution >= 4 is 11.3 Å². The van der Waals surface area contributed by atoms with E-state index in [0.717, 1.165) is 6.42 Å². The van der Waals surface area contributed by atoms with Crippen molar-refractivity contribution in [2.75, 3.05) is 0 Å². The van der Waals surface area contributed by atoms with E-state index < -0.39 is 0 Å². The summed E-state index contributed by atoms with van der Waals surface area (Å²) in [5, 5.41) is 0. The number of hydrogen-bond donors (Lipinski definition) is 1. The Hall–Kier alpha value is -1.19. The Morgan fingerprint density at radius 2 is 2.18 bits per heavy atom. The maximum atomic E-state index is 6.26. The highest BCUT2D eigenvalue weighted by molar-refractivity contribution is 7.09. The average Bonchev–Trinajstić information content (AvgIpc) is 2.97. The average molecular weight is 244 g/mol. The first kappa shape index (κ1) is 10.9. The van der Waals surface area contributed by atoms with Crippen LogP contribution >= 0.6 is 11.3 Å². The smallest absolute Gasteiger partial charge is 0.0794 e. The van der Waals surface area contributed by atoms with Crippen LogP contribution in [0.15, 0.2) is 29.9 Å². The zero-order valence-electron chi connectivity index (χ0n) is 9.73. The molecular formula is C14H16N2S. The third kappa shape index (κ3) is 2.26. The maximum Gasteiger partial charge on any atom is 0.0794 e. The van der Waals surface area contributed by atoms with Crippen LogP contribution in [0.5, 0.6) is 0 Å². The van der Waals surface area contributed by atoms with Gasteiger partial charge >= 0.3 is 0 Å². The van der Waals surface area contributed by atoms with E-state index in [0.29, 0.717) is 0 Å². The molecule has 1 aromatic carbocycles. The Bertz CT molecular complexity index is 505. The second kappa shape index (κ2) is 4.59. The fraction of sp³-hybridized carbons (Fsp3) is 0.357. The van der Waals surface area contributed by atoms with Crippen LogP contribution < -0.4 is 5.73 Å². The van der Waals surface area contributed by atoms with E-state index >= 15 is 0 Å². The van der Waals surface area contributed by atoms with Gasteiger partial charge in [-0.15, -0.1) is 11.3 Å². The van der Waals surface area contributed by atoms with Crippen molar-refractivity contribution in [1.29, 1.82) is 0 Å². The fourth-order valence-electron chi connectivity index (χ4n) is 2.50. The van der Waals surface area contributed by atoms with Gasteiger partial charge in [0.25, 0.3) is 0 Å². The molecule has 1 aliphatic rings. The van der Waals surface area contributed by atoms with Gasteiger partial charge in [-0.05, 0) is 36.0 Å². The zero-order valence-corrected chi connectivity index (χ0v) is 10.5. The molecule has 0 saturated heterocycles. The van der Waals surface area contributed by atoms with Crippen LogP contribution in [-0.2, 0) is 19.3 Å². The summed E-state index contributed by atoms with van der Waals surface area (Å²) in [5.74, 6) is 0. The van der Waals surface area contributed by atoms with E-state index in [1.807, 2.05) is 11.7 Å². The Morgan fingerprint density at radius 1 is 1.29 bits per heavy atom. The Kier molecular flexibility index (Phi) is 2.95. The number of fused-ring (bicyclic) bond motifs is 1.